The molecule has 0 saturated carbocycles. The van der Waals surface area contributed by atoms with Crippen molar-refractivity contribution >= 4 is 11.6 Å². The minimum atomic E-state index is 0.0795. The summed E-state index contributed by atoms with van der Waals surface area (Å²) in [6, 6.07) is 14.6. The van der Waals surface area contributed by atoms with E-state index >= 15 is 0 Å². The largest absolute Gasteiger partial charge is 0.506 e. The van der Waals surface area contributed by atoms with Gasteiger partial charge in [-0.1, -0.05) is 35.9 Å². The standard InChI is InChI=1S/C13H11ClO2/c14-12-7-6-10(8-13(12)15)9-16-11-4-2-1-3-5-11/h1-8,15H,9H2. The van der Waals surface area contributed by atoms with Gasteiger partial charge in [-0.3, -0.25) is 0 Å². The van der Waals surface area contributed by atoms with Crippen molar-refractivity contribution in [2.24, 2.45) is 0 Å². The van der Waals surface area contributed by atoms with E-state index in [1.807, 2.05) is 36.4 Å². The van der Waals surface area contributed by atoms with Crippen LogP contribution in [0.5, 0.6) is 11.5 Å². The molecule has 1 N–H and O–H groups in total. The second-order valence-corrected chi connectivity index (χ2v) is 3.79. The molecule has 2 nitrogen and oxygen atoms in total. The Morgan fingerprint density at radius 1 is 1.06 bits per heavy atom. The molecule has 2 rings (SSSR count). The van der Waals surface area contributed by atoms with Crippen LogP contribution in [0.25, 0.3) is 0 Å². The van der Waals surface area contributed by atoms with Gasteiger partial charge in [0, 0.05) is 0 Å². The van der Waals surface area contributed by atoms with E-state index in [4.69, 9.17) is 16.3 Å². The molecule has 0 aliphatic rings. The van der Waals surface area contributed by atoms with E-state index in [9.17, 15) is 5.11 Å². The lowest BCUT2D eigenvalue weighted by molar-refractivity contribution is 0.305. The van der Waals surface area contributed by atoms with Gasteiger partial charge in [-0.25, -0.2) is 0 Å². The van der Waals surface area contributed by atoms with Crippen LogP contribution in [-0.2, 0) is 6.61 Å². The monoisotopic (exact) mass is 234 g/mol. The quantitative estimate of drug-likeness (QED) is 0.879. The predicted octanol–water partition coefficient (Wildman–Crippen LogP) is 3.62. The molecule has 0 bridgehead atoms. The highest BCUT2D eigenvalue weighted by atomic mass is 35.5. The van der Waals surface area contributed by atoms with Gasteiger partial charge in [0.1, 0.15) is 18.1 Å². The first-order valence-corrected chi connectivity index (χ1v) is 5.29. The van der Waals surface area contributed by atoms with Gasteiger partial charge in [-0.15, -0.1) is 0 Å². The molecule has 2 aromatic rings. The van der Waals surface area contributed by atoms with Crippen molar-refractivity contribution in [3.63, 3.8) is 0 Å². The summed E-state index contributed by atoms with van der Waals surface area (Å²) in [5.74, 6) is 0.882. The average Bonchev–Trinajstić information content (AvgIpc) is 2.32. The van der Waals surface area contributed by atoms with Gasteiger partial charge in [-0.2, -0.15) is 0 Å². The number of phenols is 1. The Bertz CT molecular complexity index is 469. The summed E-state index contributed by atoms with van der Waals surface area (Å²) in [4.78, 5) is 0. The SMILES string of the molecule is Oc1cc(COc2ccccc2)ccc1Cl. The van der Waals surface area contributed by atoms with Crippen molar-refractivity contribution in [2.45, 2.75) is 6.61 Å². The summed E-state index contributed by atoms with van der Waals surface area (Å²) in [6.45, 7) is 0.411. The first-order chi connectivity index (χ1) is 7.75. The van der Waals surface area contributed by atoms with Crippen LogP contribution in [0.2, 0.25) is 5.02 Å². The van der Waals surface area contributed by atoms with Crippen molar-refractivity contribution in [2.75, 3.05) is 0 Å². The maximum atomic E-state index is 9.41. The summed E-state index contributed by atoms with van der Waals surface area (Å²) in [6.07, 6.45) is 0. The van der Waals surface area contributed by atoms with Crippen LogP contribution in [-0.4, -0.2) is 5.11 Å². The number of hydrogen-bond acceptors (Lipinski definition) is 2. The van der Waals surface area contributed by atoms with Crippen molar-refractivity contribution in [3.05, 3.63) is 59.1 Å². The maximum Gasteiger partial charge on any atom is 0.134 e. The van der Waals surface area contributed by atoms with Crippen LogP contribution in [0.3, 0.4) is 0 Å². The summed E-state index contributed by atoms with van der Waals surface area (Å²) in [5.41, 5.74) is 0.880. The summed E-state index contributed by atoms with van der Waals surface area (Å²) in [5, 5.41) is 9.76. The van der Waals surface area contributed by atoms with Crippen LogP contribution < -0.4 is 4.74 Å². The van der Waals surface area contributed by atoms with E-state index in [0.717, 1.165) is 11.3 Å². The molecule has 0 unspecified atom stereocenters. The Balaban J connectivity index is 2.03. The van der Waals surface area contributed by atoms with Crippen molar-refractivity contribution in [1.82, 2.24) is 0 Å². The second kappa shape index (κ2) is 4.90. The average molecular weight is 235 g/mol. The molecular formula is C13H11ClO2. The van der Waals surface area contributed by atoms with E-state index < -0.39 is 0 Å². The van der Waals surface area contributed by atoms with Crippen LogP contribution in [0.4, 0.5) is 0 Å². The first-order valence-electron chi connectivity index (χ1n) is 4.91. The van der Waals surface area contributed by atoms with Gasteiger partial charge in [0.25, 0.3) is 0 Å². The zero-order valence-electron chi connectivity index (χ0n) is 8.56. The molecular weight excluding hydrogens is 224 g/mol. The predicted molar refractivity (Wildman–Crippen MR) is 63.9 cm³/mol. The molecule has 0 atom stereocenters. The summed E-state index contributed by atoms with van der Waals surface area (Å²) in [7, 11) is 0. The number of aromatic hydroxyl groups is 1. The zero-order chi connectivity index (χ0) is 11.4. The molecule has 0 aromatic heterocycles. The molecule has 16 heavy (non-hydrogen) atoms. The van der Waals surface area contributed by atoms with E-state index in [0.29, 0.717) is 11.6 Å². The lowest BCUT2D eigenvalue weighted by Crippen LogP contribution is -1.94. The third-order valence-electron chi connectivity index (χ3n) is 2.16. The molecule has 0 heterocycles. The number of benzene rings is 2. The molecule has 0 aliphatic carbocycles. The van der Waals surface area contributed by atoms with E-state index in [1.165, 1.54) is 0 Å². The highest BCUT2D eigenvalue weighted by Crippen LogP contribution is 2.24. The van der Waals surface area contributed by atoms with E-state index in [-0.39, 0.29) is 5.75 Å². The normalized spacial score (nSPS) is 10.1. The molecule has 0 aliphatic heterocycles. The Kier molecular flexibility index (Phi) is 3.32. The molecule has 0 amide bonds. The zero-order valence-corrected chi connectivity index (χ0v) is 9.32. The van der Waals surface area contributed by atoms with Crippen LogP contribution >= 0.6 is 11.6 Å². The molecule has 0 spiro atoms. The Morgan fingerprint density at radius 3 is 2.50 bits per heavy atom. The van der Waals surface area contributed by atoms with Gasteiger partial charge in [0.15, 0.2) is 0 Å². The third-order valence-corrected chi connectivity index (χ3v) is 2.48. The maximum absolute atomic E-state index is 9.41. The lowest BCUT2D eigenvalue weighted by Gasteiger charge is -2.06. The minimum absolute atomic E-state index is 0.0795. The number of halogens is 1. The topological polar surface area (TPSA) is 29.5 Å². The van der Waals surface area contributed by atoms with Gasteiger partial charge in [0.05, 0.1) is 5.02 Å². The van der Waals surface area contributed by atoms with Crippen molar-refractivity contribution in [3.8, 4) is 11.5 Å². The summed E-state index contributed by atoms with van der Waals surface area (Å²) >= 11 is 5.71. The fourth-order valence-electron chi connectivity index (χ4n) is 1.33. The molecule has 3 heteroatoms. The minimum Gasteiger partial charge on any atom is -0.506 e. The highest BCUT2D eigenvalue weighted by Gasteiger charge is 2.00. The number of para-hydroxylation sites is 1. The van der Waals surface area contributed by atoms with Crippen LogP contribution in [0.1, 0.15) is 5.56 Å². The number of phenolic OH excluding ortho intramolecular Hbond substituents is 1. The fraction of sp³-hybridized carbons (Fsp3) is 0.0769. The molecule has 0 radical (unpaired) electrons. The van der Waals surface area contributed by atoms with Gasteiger partial charge >= 0.3 is 0 Å². The number of ether oxygens (including phenoxy) is 1. The molecule has 82 valence electrons. The van der Waals surface area contributed by atoms with Crippen LogP contribution in [0.15, 0.2) is 48.5 Å². The van der Waals surface area contributed by atoms with E-state index in [1.54, 1.807) is 12.1 Å². The van der Waals surface area contributed by atoms with Crippen molar-refractivity contribution in [1.29, 1.82) is 0 Å². The van der Waals surface area contributed by atoms with Crippen LogP contribution in [0, 0.1) is 0 Å². The second-order valence-electron chi connectivity index (χ2n) is 3.39. The number of rotatable bonds is 3. The van der Waals surface area contributed by atoms with Crippen molar-refractivity contribution < 1.29 is 9.84 Å². The highest BCUT2D eigenvalue weighted by molar-refractivity contribution is 6.31. The summed E-state index contributed by atoms with van der Waals surface area (Å²) < 4.78 is 5.53. The van der Waals surface area contributed by atoms with E-state index in [2.05, 4.69) is 0 Å². The Morgan fingerprint density at radius 2 is 1.81 bits per heavy atom. The Labute approximate surface area is 99.1 Å². The molecule has 0 saturated heterocycles. The Hall–Kier alpha value is -1.67. The first kappa shape index (κ1) is 10.8. The van der Waals surface area contributed by atoms with Gasteiger partial charge in [-0.05, 0) is 29.8 Å². The smallest absolute Gasteiger partial charge is 0.134 e. The van der Waals surface area contributed by atoms with Gasteiger partial charge < -0.3 is 9.84 Å². The third kappa shape index (κ3) is 2.67. The fourth-order valence-corrected chi connectivity index (χ4v) is 1.45. The van der Waals surface area contributed by atoms with Gasteiger partial charge in [0.2, 0.25) is 0 Å². The lowest BCUT2D eigenvalue weighted by atomic mass is 10.2. The molecule has 2 aromatic carbocycles. The molecule has 0 fully saturated rings. The number of hydrogen-bond donors (Lipinski definition) is 1.